The molecule has 0 saturated heterocycles. The van der Waals surface area contributed by atoms with E-state index in [1.165, 1.54) is 51.4 Å². The first-order chi connectivity index (χ1) is 6.80. The first kappa shape index (κ1) is 8.96. The van der Waals surface area contributed by atoms with Crippen LogP contribution in [-0.2, 0) is 4.74 Å². The summed E-state index contributed by atoms with van der Waals surface area (Å²) in [5, 5.41) is 0. The average Bonchev–Trinajstić information content (AvgIpc) is 3.01. The van der Waals surface area contributed by atoms with Gasteiger partial charge in [0, 0.05) is 12.5 Å². The van der Waals surface area contributed by atoms with Gasteiger partial charge < -0.3 is 4.74 Å². The fraction of sp³-hybridized carbons (Fsp3) is 0.846. The number of hydrogen-bond acceptors (Lipinski definition) is 1. The summed E-state index contributed by atoms with van der Waals surface area (Å²) in [5.41, 5.74) is 2.44. The summed E-state index contributed by atoms with van der Waals surface area (Å²) >= 11 is 0. The van der Waals surface area contributed by atoms with Gasteiger partial charge in [0.05, 0.1) is 5.60 Å². The Balaban J connectivity index is 1.86. The molecule has 3 aliphatic rings. The van der Waals surface area contributed by atoms with Crippen LogP contribution in [0.5, 0.6) is 0 Å². The molecule has 0 N–H and O–H groups in total. The summed E-state index contributed by atoms with van der Waals surface area (Å²) in [6.07, 6.45) is 13.5. The summed E-state index contributed by atoms with van der Waals surface area (Å²) in [6, 6.07) is 0. The predicted molar refractivity (Wildman–Crippen MR) is 57.2 cm³/mol. The normalized spacial score (nSPS) is 45.4. The Kier molecular flexibility index (Phi) is 1.82. The zero-order chi connectivity index (χ0) is 9.65. The third kappa shape index (κ3) is 1.18. The van der Waals surface area contributed by atoms with E-state index in [-0.39, 0.29) is 5.60 Å². The van der Waals surface area contributed by atoms with Crippen LogP contribution in [0.3, 0.4) is 0 Å². The molecule has 0 aromatic rings. The second kappa shape index (κ2) is 2.85. The summed E-state index contributed by atoms with van der Waals surface area (Å²) in [5.74, 6) is 0. The smallest absolute Gasteiger partial charge is 0.0779 e. The van der Waals surface area contributed by atoms with Crippen molar-refractivity contribution in [3.8, 4) is 0 Å². The van der Waals surface area contributed by atoms with Crippen molar-refractivity contribution in [3.63, 3.8) is 0 Å². The number of rotatable bonds is 2. The van der Waals surface area contributed by atoms with Gasteiger partial charge in [0.25, 0.3) is 0 Å². The lowest BCUT2D eigenvalue weighted by Gasteiger charge is -2.19. The van der Waals surface area contributed by atoms with Crippen molar-refractivity contribution >= 4 is 0 Å². The molecule has 0 amide bonds. The molecular formula is C13H20O. The molecule has 0 aromatic carbocycles. The van der Waals surface area contributed by atoms with Gasteiger partial charge in [-0.2, -0.15) is 0 Å². The SMILES string of the molecule is COC12CCCCCC1(C=C1CC1)C2. The van der Waals surface area contributed by atoms with E-state index >= 15 is 0 Å². The molecule has 0 aliphatic heterocycles. The summed E-state index contributed by atoms with van der Waals surface area (Å²) in [4.78, 5) is 0. The van der Waals surface area contributed by atoms with E-state index < -0.39 is 0 Å². The summed E-state index contributed by atoms with van der Waals surface area (Å²) < 4.78 is 5.82. The molecule has 0 heterocycles. The second-order valence-electron chi connectivity index (χ2n) is 5.39. The van der Waals surface area contributed by atoms with Crippen molar-refractivity contribution in [2.24, 2.45) is 5.41 Å². The molecule has 0 radical (unpaired) electrons. The molecule has 3 fully saturated rings. The third-order valence-corrected chi connectivity index (χ3v) is 4.50. The van der Waals surface area contributed by atoms with E-state index in [0.717, 1.165) is 0 Å². The van der Waals surface area contributed by atoms with Crippen LogP contribution in [0.15, 0.2) is 11.6 Å². The van der Waals surface area contributed by atoms with Gasteiger partial charge in [-0.15, -0.1) is 0 Å². The van der Waals surface area contributed by atoms with Crippen LogP contribution in [-0.4, -0.2) is 12.7 Å². The molecule has 2 unspecified atom stereocenters. The lowest BCUT2D eigenvalue weighted by Crippen LogP contribution is -2.20. The molecule has 78 valence electrons. The van der Waals surface area contributed by atoms with Gasteiger partial charge in [-0.3, -0.25) is 0 Å². The molecule has 14 heavy (non-hydrogen) atoms. The van der Waals surface area contributed by atoms with Crippen LogP contribution in [0, 0.1) is 5.41 Å². The van der Waals surface area contributed by atoms with Crippen LogP contribution in [0.25, 0.3) is 0 Å². The van der Waals surface area contributed by atoms with E-state index in [4.69, 9.17) is 4.74 Å². The monoisotopic (exact) mass is 192 g/mol. The quantitative estimate of drug-likeness (QED) is 0.609. The van der Waals surface area contributed by atoms with Crippen molar-refractivity contribution in [1.29, 1.82) is 0 Å². The Morgan fingerprint density at radius 1 is 1.14 bits per heavy atom. The Hall–Kier alpha value is -0.300. The highest BCUT2D eigenvalue weighted by Gasteiger charge is 2.66. The highest BCUT2D eigenvalue weighted by molar-refractivity contribution is 5.32. The van der Waals surface area contributed by atoms with Crippen LogP contribution in [0.1, 0.15) is 51.4 Å². The maximum Gasteiger partial charge on any atom is 0.0779 e. The van der Waals surface area contributed by atoms with Gasteiger partial charge in [0.2, 0.25) is 0 Å². The lowest BCUT2D eigenvalue weighted by molar-refractivity contribution is 0.0455. The molecule has 3 rings (SSSR count). The number of methoxy groups -OCH3 is 1. The van der Waals surface area contributed by atoms with Crippen molar-refractivity contribution in [2.45, 2.75) is 57.0 Å². The molecule has 3 saturated carbocycles. The van der Waals surface area contributed by atoms with Gasteiger partial charge in [-0.25, -0.2) is 0 Å². The number of fused-ring (bicyclic) bond motifs is 1. The second-order valence-corrected chi connectivity index (χ2v) is 5.39. The largest absolute Gasteiger partial charge is 0.377 e. The minimum Gasteiger partial charge on any atom is -0.377 e. The van der Waals surface area contributed by atoms with Crippen molar-refractivity contribution < 1.29 is 4.74 Å². The summed E-state index contributed by atoms with van der Waals surface area (Å²) in [6.45, 7) is 0. The lowest BCUT2D eigenvalue weighted by atomic mass is 9.95. The highest BCUT2D eigenvalue weighted by Crippen LogP contribution is 2.67. The predicted octanol–water partition coefficient (Wildman–Crippen LogP) is 3.45. The van der Waals surface area contributed by atoms with Crippen LogP contribution >= 0.6 is 0 Å². The minimum atomic E-state index is 0.263. The van der Waals surface area contributed by atoms with E-state index in [0.29, 0.717) is 5.41 Å². The van der Waals surface area contributed by atoms with Crippen LogP contribution in [0.4, 0.5) is 0 Å². The maximum absolute atomic E-state index is 5.82. The zero-order valence-corrected chi connectivity index (χ0v) is 9.14. The molecule has 2 atom stereocenters. The van der Waals surface area contributed by atoms with Gasteiger partial charge in [0.1, 0.15) is 0 Å². The third-order valence-electron chi connectivity index (χ3n) is 4.50. The molecule has 0 aromatic heterocycles. The molecule has 1 heteroatoms. The Morgan fingerprint density at radius 2 is 1.93 bits per heavy atom. The molecular weight excluding hydrogens is 172 g/mol. The van der Waals surface area contributed by atoms with Crippen LogP contribution < -0.4 is 0 Å². The molecule has 1 nitrogen and oxygen atoms in total. The Morgan fingerprint density at radius 3 is 2.64 bits per heavy atom. The average molecular weight is 192 g/mol. The number of hydrogen-bond donors (Lipinski definition) is 0. The minimum absolute atomic E-state index is 0.263. The first-order valence-corrected chi connectivity index (χ1v) is 6.06. The molecule has 3 aliphatic carbocycles. The number of allylic oxidation sites excluding steroid dienone is 1. The van der Waals surface area contributed by atoms with Gasteiger partial charge in [0.15, 0.2) is 0 Å². The topological polar surface area (TPSA) is 9.23 Å². The van der Waals surface area contributed by atoms with E-state index in [2.05, 4.69) is 6.08 Å². The van der Waals surface area contributed by atoms with E-state index in [1.807, 2.05) is 7.11 Å². The van der Waals surface area contributed by atoms with Gasteiger partial charge in [-0.1, -0.05) is 30.9 Å². The standard InChI is InChI=1S/C13H20O/c1-14-13-8-4-2-3-7-12(13,10-13)9-11-5-6-11/h9H,2-8,10H2,1H3. The van der Waals surface area contributed by atoms with Gasteiger partial charge in [-0.05, 0) is 32.1 Å². The number of ether oxygens (including phenoxy) is 1. The van der Waals surface area contributed by atoms with Gasteiger partial charge >= 0.3 is 0 Å². The van der Waals surface area contributed by atoms with Crippen molar-refractivity contribution in [3.05, 3.63) is 11.6 Å². The fourth-order valence-electron chi connectivity index (χ4n) is 3.39. The molecule has 0 bridgehead atoms. The van der Waals surface area contributed by atoms with E-state index in [1.54, 1.807) is 5.57 Å². The van der Waals surface area contributed by atoms with E-state index in [9.17, 15) is 0 Å². The van der Waals surface area contributed by atoms with Crippen molar-refractivity contribution in [2.75, 3.05) is 7.11 Å². The molecule has 0 spiro atoms. The highest BCUT2D eigenvalue weighted by atomic mass is 16.5. The fourth-order valence-corrected chi connectivity index (χ4v) is 3.39. The zero-order valence-electron chi connectivity index (χ0n) is 9.14. The van der Waals surface area contributed by atoms with Crippen LogP contribution in [0.2, 0.25) is 0 Å². The first-order valence-electron chi connectivity index (χ1n) is 6.06. The Labute approximate surface area is 86.5 Å². The maximum atomic E-state index is 5.82. The Bertz CT molecular complexity index is 271. The van der Waals surface area contributed by atoms with Crippen molar-refractivity contribution in [1.82, 2.24) is 0 Å². The summed E-state index contributed by atoms with van der Waals surface area (Å²) in [7, 11) is 1.92.